The van der Waals surface area contributed by atoms with Gasteiger partial charge in [0.25, 0.3) is 0 Å². The molecule has 2 aromatic rings. The van der Waals surface area contributed by atoms with Gasteiger partial charge in [0.1, 0.15) is 18.1 Å². The minimum atomic E-state index is -0.546. The molecule has 0 radical (unpaired) electrons. The Labute approximate surface area is 221 Å². The Morgan fingerprint density at radius 1 is 1.08 bits per heavy atom. The summed E-state index contributed by atoms with van der Waals surface area (Å²) in [6.45, 7) is 6.06. The standard InChI is InChI=1S/C28H31N3O5S/c1-18(2)29-24(32)16-21-17-37-28-30-19(3)25(27(33)35-14-13-34-4)26(31(21)28)20-9-8-12-23(15-20)36-22-10-6-5-7-11-22/h5-12,15,17-18,26H,13-14,16H2,1-4H3,(H,29,32). The highest BCUT2D eigenvalue weighted by molar-refractivity contribution is 8.16. The Hall–Kier alpha value is -3.56. The fourth-order valence-corrected chi connectivity index (χ4v) is 5.12. The number of thioether (sulfide) groups is 1. The van der Waals surface area contributed by atoms with Gasteiger partial charge in [-0.1, -0.05) is 42.1 Å². The number of fused-ring (bicyclic) bond motifs is 1. The first-order valence-electron chi connectivity index (χ1n) is 12.1. The first-order chi connectivity index (χ1) is 17.9. The van der Waals surface area contributed by atoms with Crippen molar-refractivity contribution in [2.75, 3.05) is 20.3 Å². The van der Waals surface area contributed by atoms with E-state index in [0.29, 0.717) is 27.9 Å². The number of aliphatic imine (C=N–C) groups is 1. The zero-order valence-electron chi connectivity index (χ0n) is 21.4. The van der Waals surface area contributed by atoms with Gasteiger partial charge >= 0.3 is 5.97 Å². The van der Waals surface area contributed by atoms with Crippen molar-refractivity contribution in [3.63, 3.8) is 0 Å². The minimum Gasteiger partial charge on any atom is -0.460 e. The molecule has 0 spiro atoms. The molecule has 1 unspecified atom stereocenters. The van der Waals surface area contributed by atoms with Crippen LogP contribution in [0.15, 0.2) is 82.0 Å². The number of para-hydroxylation sites is 1. The quantitative estimate of drug-likeness (QED) is 0.341. The third-order valence-corrected chi connectivity index (χ3v) is 6.57. The highest BCUT2D eigenvalue weighted by atomic mass is 32.2. The van der Waals surface area contributed by atoms with Crippen molar-refractivity contribution in [2.45, 2.75) is 39.3 Å². The van der Waals surface area contributed by atoms with Gasteiger partial charge in [-0.2, -0.15) is 0 Å². The number of hydrogen-bond acceptors (Lipinski definition) is 8. The molecule has 2 aliphatic rings. The Morgan fingerprint density at radius 2 is 1.84 bits per heavy atom. The van der Waals surface area contributed by atoms with Crippen molar-refractivity contribution in [1.29, 1.82) is 0 Å². The van der Waals surface area contributed by atoms with E-state index in [1.165, 1.54) is 11.8 Å². The second-order valence-corrected chi connectivity index (χ2v) is 9.74. The number of amidine groups is 1. The van der Waals surface area contributed by atoms with Crippen molar-refractivity contribution < 1.29 is 23.8 Å². The van der Waals surface area contributed by atoms with Crippen LogP contribution in [0.5, 0.6) is 11.5 Å². The first kappa shape index (κ1) is 26.5. The van der Waals surface area contributed by atoms with Crippen LogP contribution in [0.4, 0.5) is 0 Å². The molecule has 2 heterocycles. The van der Waals surface area contributed by atoms with Crippen molar-refractivity contribution in [1.82, 2.24) is 10.2 Å². The third-order valence-electron chi connectivity index (χ3n) is 5.69. The largest absolute Gasteiger partial charge is 0.460 e. The fraction of sp³-hybridized carbons (Fsp3) is 0.321. The van der Waals surface area contributed by atoms with E-state index in [1.54, 1.807) is 14.0 Å². The average Bonchev–Trinajstić information content (AvgIpc) is 3.25. The van der Waals surface area contributed by atoms with Crippen LogP contribution >= 0.6 is 11.8 Å². The zero-order valence-corrected chi connectivity index (χ0v) is 22.2. The zero-order chi connectivity index (χ0) is 26.4. The fourth-order valence-electron chi connectivity index (χ4n) is 4.15. The van der Waals surface area contributed by atoms with E-state index in [9.17, 15) is 9.59 Å². The summed E-state index contributed by atoms with van der Waals surface area (Å²) in [6.07, 6.45) is 0.159. The number of nitrogens with zero attached hydrogens (tertiary/aromatic N) is 2. The van der Waals surface area contributed by atoms with Gasteiger partial charge in [0, 0.05) is 18.8 Å². The van der Waals surface area contributed by atoms with Crippen LogP contribution in [0.3, 0.4) is 0 Å². The van der Waals surface area contributed by atoms with Gasteiger partial charge in [-0.3, -0.25) is 4.79 Å². The van der Waals surface area contributed by atoms with E-state index in [1.807, 2.05) is 78.8 Å². The Kier molecular flexibility index (Phi) is 8.68. The van der Waals surface area contributed by atoms with Gasteiger partial charge in [0.15, 0.2) is 5.17 Å². The first-order valence-corrected chi connectivity index (χ1v) is 13.0. The molecule has 0 fully saturated rings. The molecule has 1 amide bonds. The number of methoxy groups -OCH3 is 1. The summed E-state index contributed by atoms with van der Waals surface area (Å²) >= 11 is 1.44. The molecular weight excluding hydrogens is 490 g/mol. The number of carbonyl (C=O) groups is 2. The molecule has 0 bridgehead atoms. The summed E-state index contributed by atoms with van der Waals surface area (Å²) < 4.78 is 16.7. The van der Waals surface area contributed by atoms with Gasteiger partial charge in [-0.05, 0) is 56.0 Å². The number of allylic oxidation sites excluding steroid dienone is 1. The van der Waals surface area contributed by atoms with E-state index in [0.717, 1.165) is 11.3 Å². The SMILES string of the molecule is COCCOC(=O)C1=C(C)N=C2SC=C(CC(=O)NC(C)C)N2C1c1cccc(Oc2ccccc2)c1. The average molecular weight is 522 g/mol. The third kappa shape index (κ3) is 6.42. The molecule has 1 N–H and O–H groups in total. The normalized spacial score (nSPS) is 16.8. The minimum absolute atomic E-state index is 0.0210. The molecule has 9 heteroatoms. The predicted octanol–water partition coefficient (Wildman–Crippen LogP) is 5.16. The number of esters is 1. The van der Waals surface area contributed by atoms with E-state index in [2.05, 4.69) is 5.32 Å². The molecule has 2 aromatic carbocycles. The number of hydrogen-bond donors (Lipinski definition) is 1. The van der Waals surface area contributed by atoms with E-state index in [4.69, 9.17) is 19.2 Å². The molecule has 2 aliphatic heterocycles. The van der Waals surface area contributed by atoms with Crippen LogP contribution < -0.4 is 10.1 Å². The summed E-state index contributed by atoms with van der Waals surface area (Å²) in [6, 6.07) is 16.6. The lowest BCUT2D eigenvalue weighted by atomic mass is 9.93. The predicted molar refractivity (Wildman–Crippen MR) is 144 cm³/mol. The number of carbonyl (C=O) groups excluding carboxylic acids is 2. The molecule has 0 aliphatic carbocycles. The number of ether oxygens (including phenoxy) is 3. The monoisotopic (exact) mass is 521 g/mol. The van der Waals surface area contributed by atoms with Gasteiger partial charge in [0.2, 0.25) is 5.91 Å². The Morgan fingerprint density at radius 3 is 2.57 bits per heavy atom. The van der Waals surface area contributed by atoms with Crippen LogP contribution in [0.1, 0.15) is 38.8 Å². The molecule has 0 saturated carbocycles. The Balaban J connectivity index is 1.71. The second kappa shape index (κ2) is 12.1. The Bertz CT molecular complexity index is 1240. The van der Waals surface area contributed by atoms with E-state index < -0.39 is 12.0 Å². The van der Waals surface area contributed by atoms with Gasteiger partial charge in [-0.25, -0.2) is 9.79 Å². The van der Waals surface area contributed by atoms with Crippen LogP contribution in [0.25, 0.3) is 0 Å². The van der Waals surface area contributed by atoms with Crippen molar-refractivity contribution in [3.8, 4) is 11.5 Å². The maximum atomic E-state index is 13.3. The lowest BCUT2D eigenvalue weighted by Gasteiger charge is -2.36. The van der Waals surface area contributed by atoms with Crippen LogP contribution in [0.2, 0.25) is 0 Å². The highest BCUT2D eigenvalue weighted by Crippen LogP contribution is 2.45. The van der Waals surface area contributed by atoms with Crippen LogP contribution in [0, 0.1) is 0 Å². The van der Waals surface area contributed by atoms with Crippen LogP contribution in [-0.4, -0.2) is 48.3 Å². The molecule has 1 atom stereocenters. The van der Waals surface area contributed by atoms with Gasteiger partial charge < -0.3 is 24.4 Å². The summed E-state index contributed by atoms with van der Waals surface area (Å²) in [5.74, 6) is 0.768. The van der Waals surface area contributed by atoms with Crippen LogP contribution in [-0.2, 0) is 19.1 Å². The van der Waals surface area contributed by atoms with E-state index in [-0.39, 0.29) is 31.6 Å². The number of nitrogens with one attached hydrogen (secondary N) is 1. The highest BCUT2D eigenvalue weighted by Gasteiger charge is 2.41. The second-order valence-electron chi connectivity index (χ2n) is 8.91. The number of benzene rings is 2. The molecule has 0 saturated heterocycles. The molecule has 0 aromatic heterocycles. The van der Waals surface area contributed by atoms with Crippen molar-refractivity contribution in [3.05, 3.63) is 82.5 Å². The molecule has 8 nitrogen and oxygen atoms in total. The summed E-state index contributed by atoms with van der Waals surface area (Å²) in [7, 11) is 1.55. The van der Waals surface area contributed by atoms with Gasteiger partial charge in [0.05, 0.1) is 30.3 Å². The summed E-state index contributed by atoms with van der Waals surface area (Å²) in [5.41, 5.74) is 2.56. The molecule has 4 rings (SSSR count). The summed E-state index contributed by atoms with van der Waals surface area (Å²) in [5, 5.41) is 5.57. The number of amides is 1. The molecule has 194 valence electrons. The van der Waals surface area contributed by atoms with E-state index >= 15 is 0 Å². The lowest BCUT2D eigenvalue weighted by Crippen LogP contribution is -2.38. The maximum absolute atomic E-state index is 13.3. The van der Waals surface area contributed by atoms with Gasteiger partial charge in [-0.15, -0.1) is 0 Å². The molecule has 37 heavy (non-hydrogen) atoms. The van der Waals surface area contributed by atoms with Crippen molar-refractivity contribution in [2.24, 2.45) is 4.99 Å². The molecular formula is C28H31N3O5S. The lowest BCUT2D eigenvalue weighted by molar-refractivity contribution is -0.141. The summed E-state index contributed by atoms with van der Waals surface area (Å²) in [4.78, 5) is 32.7. The maximum Gasteiger partial charge on any atom is 0.338 e. The van der Waals surface area contributed by atoms with Crippen molar-refractivity contribution >= 4 is 28.8 Å². The number of rotatable bonds is 10. The smallest absolute Gasteiger partial charge is 0.338 e. The topological polar surface area (TPSA) is 89.5 Å².